The molecule has 1 aromatic carbocycles. The van der Waals surface area contributed by atoms with Crippen LogP contribution in [0.15, 0.2) is 24.3 Å². The molecule has 1 N–H and O–H groups in total. The van der Waals surface area contributed by atoms with Crippen LogP contribution < -0.4 is 5.32 Å². The maximum Gasteiger partial charge on any atom is 0.242 e. The summed E-state index contributed by atoms with van der Waals surface area (Å²) in [5.41, 5.74) is 0.778. The van der Waals surface area contributed by atoms with E-state index in [-0.39, 0.29) is 19.0 Å². The van der Waals surface area contributed by atoms with Crippen LogP contribution in [-0.2, 0) is 30.9 Å². The molecular formula is C19H30ClN3O5S. The first-order chi connectivity index (χ1) is 13.6. The lowest BCUT2D eigenvalue weighted by Gasteiger charge is -2.30. The van der Waals surface area contributed by atoms with E-state index in [1.54, 1.807) is 31.2 Å². The number of hydrogen-bond donors (Lipinski definition) is 1. The molecule has 1 rings (SSSR count). The molecule has 0 saturated carbocycles. The molecule has 1 aromatic rings. The summed E-state index contributed by atoms with van der Waals surface area (Å²) in [7, 11) is -2.20. The van der Waals surface area contributed by atoms with Crippen LogP contribution in [0, 0.1) is 0 Å². The Bertz CT molecular complexity index is 771. The van der Waals surface area contributed by atoms with Gasteiger partial charge >= 0.3 is 0 Å². The van der Waals surface area contributed by atoms with Crippen molar-refractivity contribution in [1.29, 1.82) is 0 Å². The molecule has 0 aromatic heterocycles. The molecule has 0 aliphatic carbocycles. The third-order valence-corrected chi connectivity index (χ3v) is 5.84. The summed E-state index contributed by atoms with van der Waals surface area (Å²) in [6.45, 7) is 4.89. The van der Waals surface area contributed by atoms with E-state index < -0.39 is 22.0 Å². The molecule has 0 aliphatic rings. The van der Waals surface area contributed by atoms with E-state index in [0.717, 1.165) is 16.1 Å². The number of rotatable bonds is 12. The first-order valence-electron chi connectivity index (χ1n) is 9.37. The van der Waals surface area contributed by atoms with Gasteiger partial charge in [0.2, 0.25) is 21.8 Å². The molecule has 29 heavy (non-hydrogen) atoms. The molecule has 0 saturated heterocycles. The molecule has 0 aliphatic heterocycles. The fourth-order valence-corrected chi connectivity index (χ4v) is 2.92. The number of nitrogens with one attached hydrogen (secondary N) is 1. The van der Waals surface area contributed by atoms with Gasteiger partial charge in [0.25, 0.3) is 0 Å². The van der Waals surface area contributed by atoms with E-state index in [2.05, 4.69) is 5.32 Å². The summed E-state index contributed by atoms with van der Waals surface area (Å²) in [5.74, 6) is -0.782. The van der Waals surface area contributed by atoms with Gasteiger partial charge in [-0.15, -0.1) is 0 Å². The zero-order valence-corrected chi connectivity index (χ0v) is 18.9. The summed E-state index contributed by atoms with van der Waals surface area (Å²) in [6, 6.07) is 6.13. The monoisotopic (exact) mass is 447 g/mol. The van der Waals surface area contributed by atoms with Crippen LogP contribution in [0.3, 0.4) is 0 Å². The number of carbonyl (C=O) groups is 2. The number of carbonyl (C=O) groups excluding carboxylic acids is 2. The molecule has 2 amide bonds. The minimum absolute atomic E-state index is 0.154. The smallest absolute Gasteiger partial charge is 0.242 e. The highest BCUT2D eigenvalue weighted by Crippen LogP contribution is 2.14. The highest BCUT2D eigenvalue weighted by Gasteiger charge is 2.28. The number of halogens is 1. The number of ether oxygens (including phenoxy) is 1. The molecule has 0 spiro atoms. The second-order valence-electron chi connectivity index (χ2n) is 6.68. The van der Waals surface area contributed by atoms with Gasteiger partial charge in [-0.3, -0.25) is 9.59 Å². The van der Waals surface area contributed by atoms with Gasteiger partial charge in [0.15, 0.2) is 0 Å². The van der Waals surface area contributed by atoms with E-state index in [9.17, 15) is 18.0 Å². The molecule has 1 atom stereocenters. The second-order valence-corrected chi connectivity index (χ2v) is 9.21. The second kappa shape index (κ2) is 12.1. The fourth-order valence-electron chi connectivity index (χ4n) is 2.45. The number of nitrogens with zero attached hydrogens (tertiary/aromatic N) is 2. The van der Waals surface area contributed by atoms with Gasteiger partial charge in [-0.25, -0.2) is 8.42 Å². The fraction of sp³-hybridized carbons (Fsp3) is 0.579. The predicted octanol–water partition coefficient (Wildman–Crippen LogP) is 1.49. The maximum absolute atomic E-state index is 12.8. The summed E-state index contributed by atoms with van der Waals surface area (Å²) < 4.78 is 29.5. The van der Waals surface area contributed by atoms with Crippen molar-refractivity contribution >= 4 is 33.4 Å². The zero-order chi connectivity index (χ0) is 22.0. The van der Waals surface area contributed by atoms with Crippen LogP contribution in [0.25, 0.3) is 0 Å². The Kier molecular flexibility index (Phi) is 10.6. The van der Waals surface area contributed by atoms with E-state index in [1.165, 1.54) is 11.9 Å². The molecule has 8 nitrogen and oxygen atoms in total. The molecular weight excluding hydrogens is 418 g/mol. The van der Waals surface area contributed by atoms with Crippen LogP contribution in [0.1, 0.15) is 25.8 Å². The highest BCUT2D eigenvalue weighted by molar-refractivity contribution is 7.88. The lowest BCUT2D eigenvalue weighted by Crippen LogP contribution is -2.50. The van der Waals surface area contributed by atoms with E-state index in [0.29, 0.717) is 31.2 Å². The lowest BCUT2D eigenvalue weighted by atomic mass is 10.1. The summed E-state index contributed by atoms with van der Waals surface area (Å²) >= 11 is 5.91. The summed E-state index contributed by atoms with van der Waals surface area (Å²) in [5, 5.41) is 3.35. The largest absolute Gasteiger partial charge is 0.382 e. The maximum atomic E-state index is 12.8. The molecule has 0 unspecified atom stereocenters. The van der Waals surface area contributed by atoms with Crippen molar-refractivity contribution in [2.24, 2.45) is 0 Å². The van der Waals surface area contributed by atoms with Crippen molar-refractivity contribution in [3.05, 3.63) is 34.9 Å². The molecule has 0 bridgehead atoms. The number of amides is 2. The average molecular weight is 448 g/mol. The van der Waals surface area contributed by atoms with Crippen molar-refractivity contribution in [3.63, 3.8) is 0 Å². The van der Waals surface area contributed by atoms with Gasteiger partial charge in [-0.1, -0.05) is 23.7 Å². The average Bonchev–Trinajstić information content (AvgIpc) is 2.65. The van der Waals surface area contributed by atoms with Crippen molar-refractivity contribution in [1.82, 2.24) is 14.5 Å². The zero-order valence-electron chi connectivity index (χ0n) is 17.4. The Hall–Kier alpha value is -1.68. The Morgan fingerprint density at radius 2 is 1.86 bits per heavy atom. The number of sulfonamides is 1. The Balaban J connectivity index is 2.88. The van der Waals surface area contributed by atoms with Crippen molar-refractivity contribution in [2.45, 2.75) is 32.9 Å². The normalized spacial score (nSPS) is 12.6. The Morgan fingerprint density at radius 1 is 1.24 bits per heavy atom. The predicted molar refractivity (Wildman–Crippen MR) is 113 cm³/mol. The minimum atomic E-state index is -3.52. The van der Waals surface area contributed by atoms with Crippen LogP contribution >= 0.6 is 11.6 Å². The summed E-state index contributed by atoms with van der Waals surface area (Å²) in [4.78, 5) is 26.7. The quantitative estimate of drug-likeness (QED) is 0.490. The highest BCUT2D eigenvalue weighted by atomic mass is 35.5. The molecule has 0 heterocycles. The van der Waals surface area contributed by atoms with Crippen LogP contribution in [0.4, 0.5) is 0 Å². The van der Waals surface area contributed by atoms with Gasteiger partial charge in [0.1, 0.15) is 6.04 Å². The third kappa shape index (κ3) is 9.12. The SMILES string of the molecule is CCOCCCNC(=O)[C@@H](C)N(Cc1ccc(Cl)cc1)C(=O)CN(C)S(C)(=O)=O. The van der Waals surface area contributed by atoms with Crippen molar-refractivity contribution < 1.29 is 22.7 Å². The topological polar surface area (TPSA) is 96.0 Å². The van der Waals surface area contributed by atoms with Crippen LogP contribution in [0.5, 0.6) is 0 Å². The number of benzene rings is 1. The van der Waals surface area contributed by atoms with Gasteiger partial charge in [-0.05, 0) is 38.0 Å². The van der Waals surface area contributed by atoms with Gasteiger partial charge in [0, 0.05) is 38.4 Å². The van der Waals surface area contributed by atoms with E-state index in [1.807, 2.05) is 6.92 Å². The number of hydrogen-bond acceptors (Lipinski definition) is 5. The van der Waals surface area contributed by atoms with Crippen molar-refractivity contribution in [3.8, 4) is 0 Å². The molecule has 0 radical (unpaired) electrons. The Labute approximate surface area is 178 Å². The van der Waals surface area contributed by atoms with E-state index in [4.69, 9.17) is 16.3 Å². The minimum Gasteiger partial charge on any atom is -0.382 e. The van der Waals surface area contributed by atoms with Gasteiger partial charge in [-0.2, -0.15) is 4.31 Å². The molecule has 10 heteroatoms. The van der Waals surface area contributed by atoms with E-state index >= 15 is 0 Å². The Morgan fingerprint density at radius 3 is 2.41 bits per heavy atom. The molecule has 0 fully saturated rings. The van der Waals surface area contributed by atoms with Gasteiger partial charge in [0.05, 0.1) is 12.8 Å². The summed E-state index contributed by atoms with van der Waals surface area (Å²) in [6.07, 6.45) is 1.69. The van der Waals surface area contributed by atoms with Crippen molar-refractivity contribution in [2.75, 3.05) is 39.6 Å². The molecule has 164 valence electrons. The van der Waals surface area contributed by atoms with Gasteiger partial charge < -0.3 is 15.0 Å². The first-order valence-corrected chi connectivity index (χ1v) is 11.6. The lowest BCUT2D eigenvalue weighted by molar-refractivity contribution is -0.140. The standard InChI is InChI=1S/C19H30ClN3O5S/c1-5-28-12-6-11-21-19(25)15(2)23(13-16-7-9-17(20)10-8-16)18(24)14-22(3)29(4,26)27/h7-10,15H,5-6,11-14H2,1-4H3,(H,21,25)/t15-/m1/s1. The number of likely N-dealkylation sites (N-methyl/N-ethyl adjacent to an activating group) is 1. The third-order valence-electron chi connectivity index (χ3n) is 4.33. The first kappa shape index (κ1) is 25.4. The van der Waals surface area contributed by atoms with Crippen LogP contribution in [0.2, 0.25) is 5.02 Å². The van der Waals surface area contributed by atoms with Crippen LogP contribution in [-0.4, -0.2) is 75.1 Å².